The average Bonchev–Trinajstić information content (AvgIpc) is 2.76. The molecule has 4 aromatic rings. The average molecular weight is 467 g/mol. The Kier molecular flexibility index (Phi) is 6.04. The van der Waals surface area contributed by atoms with E-state index >= 15 is 0 Å². The molecule has 32 heavy (non-hydrogen) atoms. The Balaban J connectivity index is 1.85. The zero-order valence-electron chi connectivity index (χ0n) is 18.0. The minimum atomic E-state index is -3.93. The van der Waals surface area contributed by atoms with Gasteiger partial charge in [-0.25, -0.2) is 18.4 Å². The van der Waals surface area contributed by atoms with Gasteiger partial charge in [-0.1, -0.05) is 42.8 Å². The number of hydrogen-bond acceptors (Lipinski definition) is 5. The Hall–Kier alpha value is -3.16. The molecule has 0 amide bonds. The van der Waals surface area contributed by atoms with E-state index in [9.17, 15) is 8.42 Å². The van der Waals surface area contributed by atoms with Crippen molar-refractivity contribution in [2.24, 2.45) is 0 Å². The molecular weight excluding hydrogens is 444 g/mol. The highest BCUT2D eigenvalue weighted by molar-refractivity contribution is 7.92. The lowest BCUT2D eigenvalue weighted by atomic mass is 10.1. The van der Waals surface area contributed by atoms with E-state index in [1.165, 1.54) is 12.1 Å². The summed E-state index contributed by atoms with van der Waals surface area (Å²) in [5, 5.41) is 3.61. The van der Waals surface area contributed by atoms with Crippen LogP contribution in [0.2, 0.25) is 5.02 Å². The lowest BCUT2D eigenvalue weighted by Crippen LogP contribution is -2.16. The van der Waals surface area contributed by atoms with Gasteiger partial charge in [0.2, 0.25) is 0 Å². The monoisotopic (exact) mass is 466 g/mol. The second-order valence-corrected chi connectivity index (χ2v) is 9.66. The smallest absolute Gasteiger partial charge is 0.263 e. The topological polar surface area (TPSA) is 84.0 Å². The van der Waals surface area contributed by atoms with Crippen LogP contribution in [0, 0.1) is 13.8 Å². The van der Waals surface area contributed by atoms with Crippen molar-refractivity contribution >= 4 is 50.0 Å². The third-order valence-electron chi connectivity index (χ3n) is 5.27. The molecule has 0 atom stereocenters. The fourth-order valence-electron chi connectivity index (χ4n) is 3.37. The molecule has 0 saturated carbocycles. The van der Waals surface area contributed by atoms with Crippen LogP contribution in [0.1, 0.15) is 23.6 Å². The lowest BCUT2D eigenvalue weighted by Gasteiger charge is -2.16. The van der Waals surface area contributed by atoms with Crippen molar-refractivity contribution in [1.82, 2.24) is 9.97 Å². The molecule has 1 heterocycles. The fourth-order valence-corrected chi connectivity index (χ4v) is 4.68. The highest BCUT2D eigenvalue weighted by Gasteiger charge is 2.20. The van der Waals surface area contributed by atoms with Crippen molar-refractivity contribution in [2.75, 3.05) is 10.0 Å². The molecule has 0 radical (unpaired) electrons. The van der Waals surface area contributed by atoms with Crippen LogP contribution in [0.4, 0.5) is 17.3 Å². The second-order valence-electron chi connectivity index (χ2n) is 7.54. The van der Waals surface area contributed by atoms with Crippen molar-refractivity contribution < 1.29 is 8.42 Å². The maximum Gasteiger partial charge on any atom is 0.263 e. The summed E-state index contributed by atoms with van der Waals surface area (Å²) in [6.07, 6.45) is 0.812. The highest BCUT2D eigenvalue weighted by atomic mass is 35.5. The van der Waals surface area contributed by atoms with Gasteiger partial charge in [-0.3, -0.25) is 4.72 Å². The first-order valence-electron chi connectivity index (χ1n) is 10.2. The molecule has 0 spiro atoms. The summed E-state index contributed by atoms with van der Waals surface area (Å²) < 4.78 is 28.7. The van der Waals surface area contributed by atoms with Crippen molar-refractivity contribution in [2.45, 2.75) is 32.1 Å². The van der Waals surface area contributed by atoms with E-state index in [-0.39, 0.29) is 10.7 Å². The summed E-state index contributed by atoms with van der Waals surface area (Å²) in [5.41, 5.74) is 5.33. The largest absolute Gasteiger partial charge is 0.337 e. The zero-order chi connectivity index (χ0) is 22.9. The van der Waals surface area contributed by atoms with Crippen molar-refractivity contribution in [3.05, 3.63) is 82.4 Å². The third-order valence-corrected chi connectivity index (χ3v) is 6.84. The number of benzene rings is 3. The maximum absolute atomic E-state index is 13.1. The number of sulfonamides is 1. The van der Waals surface area contributed by atoms with Gasteiger partial charge in [0.1, 0.15) is 0 Å². The first-order chi connectivity index (χ1) is 15.3. The molecule has 0 fully saturated rings. The van der Waals surface area contributed by atoms with Crippen LogP contribution < -0.4 is 10.0 Å². The highest BCUT2D eigenvalue weighted by Crippen LogP contribution is 2.30. The molecule has 8 heteroatoms. The van der Waals surface area contributed by atoms with Gasteiger partial charge in [-0.05, 0) is 73.4 Å². The number of rotatable bonds is 6. The van der Waals surface area contributed by atoms with Crippen LogP contribution in [-0.4, -0.2) is 18.4 Å². The van der Waals surface area contributed by atoms with E-state index in [1.807, 2.05) is 50.2 Å². The molecule has 0 aliphatic carbocycles. The number of anilines is 3. The minimum absolute atomic E-state index is 0.0480. The van der Waals surface area contributed by atoms with Crippen LogP contribution >= 0.6 is 11.6 Å². The lowest BCUT2D eigenvalue weighted by molar-refractivity contribution is 0.601. The zero-order valence-corrected chi connectivity index (χ0v) is 19.6. The standard InChI is InChI=1S/C24H23ClN4O2S/c1-4-17-8-5-6-11-20(17)26-23-24(28-22-13-16(3)15(2)12-21(22)27-23)29-32(30,31)19-10-7-9-18(25)14-19/h5-14H,4H2,1-3H3,(H,26,27)(H,28,29). The first-order valence-corrected chi connectivity index (χ1v) is 12.1. The van der Waals surface area contributed by atoms with E-state index in [4.69, 9.17) is 16.6 Å². The van der Waals surface area contributed by atoms with Gasteiger partial charge >= 0.3 is 0 Å². The first kappa shape index (κ1) is 22.0. The van der Waals surface area contributed by atoms with Crippen LogP contribution in [0.5, 0.6) is 0 Å². The van der Waals surface area contributed by atoms with E-state index in [0.717, 1.165) is 28.8 Å². The molecule has 4 rings (SSSR count). The molecule has 0 aliphatic rings. The van der Waals surface area contributed by atoms with Crippen molar-refractivity contribution in [1.29, 1.82) is 0 Å². The Morgan fingerprint density at radius 1 is 0.875 bits per heavy atom. The van der Waals surface area contributed by atoms with E-state index in [1.54, 1.807) is 12.1 Å². The van der Waals surface area contributed by atoms with Crippen LogP contribution in [0.3, 0.4) is 0 Å². The second kappa shape index (κ2) is 8.76. The molecule has 0 aliphatic heterocycles. The number of halogens is 1. The number of para-hydroxylation sites is 1. The van der Waals surface area contributed by atoms with Crippen molar-refractivity contribution in [3.63, 3.8) is 0 Å². The van der Waals surface area contributed by atoms with E-state index in [0.29, 0.717) is 21.9 Å². The van der Waals surface area contributed by atoms with E-state index < -0.39 is 10.0 Å². The molecular formula is C24H23ClN4O2S. The fraction of sp³-hybridized carbons (Fsp3) is 0.167. The van der Waals surface area contributed by atoms with Crippen LogP contribution in [-0.2, 0) is 16.4 Å². The normalized spacial score (nSPS) is 11.5. The van der Waals surface area contributed by atoms with E-state index in [2.05, 4.69) is 21.9 Å². The Labute approximate surface area is 192 Å². The summed E-state index contributed by atoms with van der Waals surface area (Å²) in [4.78, 5) is 9.38. The number of nitrogens with one attached hydrogen (secondary N) is 2. The SMILES string of the molecule is CCc1ccccc1Nc1nc2cc(C)c(C)cc2nc1NS(=O)(=O)c1cccc(Cl)c1. The summed E-state index contributed by atoms with van der Waals surface area (Å²) >= 11 is 6.00. The molecule has 164 valence electrons. The maximum atomic E-state index is 13.1. The number of aryl methyl sites for hydroxylation is 3. The Bertz CT molecular complexity index is 1420. The third kappa shape index (κ3) is 4.54. The summed E-state index contributed by atoms with van der Waals surface area (Å²) in [7, 11) is -3.93. The molecule has 0 saturated heterocycles. The summed E-state index contributed by atoms with van der Waals surface area (Å²) in [6.45, 7) is 6.04. The number of aromatic nitrogens is 2. The van der Waals surface area contributed by atoms with Gasteiger partial charge in [0.15, 0.2) is 11.6 Å². The van der Waals surface area contributed by atoms with Gasteiger partial charge in [0, 0.05) is 10.7 Å². The van der Waals surface area contributed by atoms with Gasteiger partial charge in [0.05, 0.1) is 15.9 Å². The molecule has 0 unspecified atom stereocenters. The van der Waals surface area contributed by atoms with Crippen LogP contribution in [0.15, 0.2) is 65.6 Å². The summed E-state index contributed by atoms with van der Waals surface area (Å²) in [5.74, 6) is 0.443. The molecule has 0 bridgehead atoms. The molecule has 6 nitrogen and oxygen atoms in total. The Morgan fingerprint density at radius 2 is 1.53 bits per heavy atom. The summed E-state index contributed by atoms with van der Waals surface area (Å²) in [6, 6.07) is 17.8. The van der Waals surface area contributed by atoms with Crippen molar-refractivity contribution in [3.8, 4) is 0 Å². The molecule has 3 aromatic carbocycles. The molecule has 2 N–H and O–H groups in total. The number of hydrogen-bond donors (Lipinski definition) is 2. The predicted molar refractivity (Wildman–Crippen MR) is 130 cm³/mol. The van der Waals surface area contributed by atoms with Gasteiger partial charge in [-0.15, -0.1) is 0 Å². The quantitative estimate of drug-likeness (QED) is 0.363. The van der Waals surface area contributed by atoms with Gasteiger partial charge in [-0.2, -0.15) is 0 Å². The minimum Gasteiger partial charge on any atom is -0.337 e. The van der Waals surface area contributed by atoms with Gasteiger partial charge < -0.3 is 5.32 Å². The number of nitrogens with zero attached hydrogens (tertiary/aromatic N) is 2. The predicted octanol–water partition coefficient (Wildman–Crippen LogP) is 6.01. The Morgan fingerprint density at radius 3 is 2.19 bits per heavy atom. The van der Waals surface area contributed by atoms with Crippen LogP contribution in [0.25, 0.3) is 11.0 Å². The molecule has 1 aromatic heterocycles. The number of fused-ring (bicyclic) bond motifs is 1. The van der Waals surface area contributed by atoms with Gasteiger partial charge in [0.25, 0.3) is 10.0 Å².